The Balaban J connectivity index is 1.78. The number of likely N-dealkylation sites (tertiary alicyclic amines) is 1. The van der Waals surface area contributed by atoms with Crippen molar-refractivity contribution in [2.75, 3.05) is 33.4 Å². The molecule has 8 nitrogen and oxygen atoms in total. The molecule has 0 aromatic carbocycles. The molecule has 8 heteroatoms. The van der Waals surface area contributed by atoms with Crippen LogP contribution < -0.4 is 5.32 Å². The van der Waals surface area contributed by atoms with Gasteiger partial charge in [-0.3, -0.25) is 24.1 Å². The van der Waals surface area contributed by atoms with Crippen LogP contribution in [0.4, 0.5) is 0 Å². The number of nitrogens with one attached hydrogen (secondary N) is 1. The molecule has 1 saturated heterocycles. The van der Waals surface area contributed by atoms with Crippen molar-refractivity contribution in [3.8, 4) is 0 Å². The fraction of sp³-hybridized carbons (Fsp3) is 0.600. The number of carbonyl (C=O) groups excluding carboxylic acids is 4. The van der Waals surface area contributed by atoms with Crippen LogP contribution in [0.25, 0.3) is 0 Å². The van der Waals surface area contributed by atoms with Crippen LogP contribution >= 0.6 is 0 Å². The molecule has 2 rings (SSSR count). The predicted molar refractivity (Wildman–Crippen MR) is 77.9 cm³/mol. The van der Waals surface area contributed by atoms with Crippen LogP contribution in [-0.4, -0.2) is 62.0 Å². The van der Waals surface area contributed by atoms with Crippen molar-refractivity contribution in [2.24, 2.45) is 11.8 Å². The summed E-state index contributed by atoms with van der Waals surface area (Å²) in [5.41, 5.74) is 0. The molecule has 1 aliphatic carbocycles. The molecule has 2 aliphatic rings. The summed E-state index contributed by atoms with van der Waals surface area (Å²) in [5, 5.41) is 2.49. The fourth-order valence-corrected chi connectivity index (χ4v) is 2.69. The first-order valence-electron chi connectivity index (χ1n) is 7.46. The zero-order chi connectivity index (χ0) is 16.8. The van der Waals surface area contributed by atoms with Crippen LogP contribution in [0.2, 0.25) is 0 Å². The average molecular weight is 324 g/mol. The number of methoxy groups -OCH3 is 1. The van der Waals surface area contributed by atoms with E-state index in [-0.39, 0.29) is 23.7 Å². The third-order valence-electron chi connectivity index (χ3n) is 3.88. The summed E-state index contributed by atoms with van der Waals surface area (Å²) in [6.45, 7) is -0.233. The first kappa shape index (κ1) is 17.1. The van der Waals surface area contributed by atoms with E-state index in [1.54, 1.807) is 0 Å². The molecule has 0 bridgehead atoms. The second kappa shape index (κ2) is 7.87. The van der Waals surface area contributed by atoms with Crippen molar-refractivity contribution in [1.29, 1.82) is 0 Å². The number of allylic oxidation sites excluding steroid dienone is 2. The molecule has 0 aromatic rings. The van der Waals surface area contributed by atoms with Gasteiger partial charge in [0.2, 0.25) is 11.8 Å². The summed E-state index contributed by atoms with van der Waals surface area (Å²) in [6.07, 6.45) is 4.78. The van der Waals surface area contributed by atoms with Gasteiger partial charge in [0, 0.05) is 13.7 Å². The molecule has 0 unspecified atom stereocenters. The van der Waals surface area contributed by atoms with E-state index >= 15 is 0 Å². The van der Waals surface area contributed by atoms with Gasteiger partial charge in [0.25, 0.3) is 5.91 Å². The van der Waals surface area contributed by atoms with Gasteiger partial charge in [0.15, 0.2) is 6.61 Å². The van der Waals surface area contributed by atoms with Gasteiger partial charge in [-0.15, -0.1) is 0 Å². The molecule has 1 aliphatic heterocycles. The normalized spacial score (nSPS) is 22.9. The highest BCUT2D eigenvalue weighted by molar-refractivity contribution is 6.07. The number of esters is 1. The topological polar surface area (TPSA) is 102 Å². The van der Waals surface area contributed by atoms with Crippen molar-refractivity contribution in [1.82, 2.24) is 10.2 Å². The zero-order valence-corrected chi connectivity index (χ0v) is 12.9. The van der Waals surface area contributed by atoms with Gasteiger partial charge < -0.3 is 14.8 Å². The predicted octanol–water partition coefficient (Wildman–Crippen LogP) is -0.757. The van der Waals surface area contributed by atoms with Crippen molar-refractivity contribution in [2.45, 2.75) is 12.8 Å². The van der Waals surface area contributed by atoms with Crippen LogP contribution in [0.15, 0.2) is 12.2 Å². The lowest BCUT2D eigenvalue weighted by Gasteiger charge is -2.14. The third-order valence-corrected chi connectivity index (χ3v) is 3.88. The lowest BCUT2D eigenvalue weighted by molar-refractivity contribution is -0.154. The number of hydrogen-bond acceptors (Lipinski definition) is 6. The van der Waals surface area contributed by atoms with E-state index in [2.05, 4.69) is 5.32 Å². The first-order valence-corrected chi connectivity index (χ1v) is 7.46. The number of ether oxygens (including phenoxy) is 2. The van der Waals surface area contributed by atoms with Crippen molar-refractivity contribution in [3.05, 3.63) is 12.2 Å². The van der Waals surface area contributed by atoms with E-state index in [1.807, 2.05) is 12.2 Å². The standard InChI is InChI=1S/C15H20N2O6/c1-22-7-6-16-12(18)9-23-13(19)8-17-14(20)10-4-2-3-5-11(10)15(17)21/h2-3,10-11H,4-9H2,1H3,(H,16,18)/t10-,11-/m1/s1. The largest absolute Gasteiger partial charge is 0.454 e. The molecule has 23 heavy (non-hydrogen) atoms. The van der Waals surface area contributed by atoms with E-state index in [0.29, 0.717) is 26.0 Å². The number of fused-ring (bicyclic) bond motifs is 1. The Labute approximate surface area is 133 Å². The molecular formula is C15H20N2O6. The average Bonchev–Trinajstić information content (AvgIpc) is 2.79. The number of rotatable bonds is 7. The quantitative estimate of drug-likeness (QED) is 0.286. The Morgan fingerprint density at radius 3 is 2.39 bits per heavy atom. The van der Waals surface area contributed by atoms with Crippen LogP contribution in [0.1, 0.15) is 12.8 Å². The van der Waals surface area contributed by atoms with Gasteiger partial charge >= 0.3 is 5.97 Å². The molecule has 1 N–H and O–H groups in total. The fourth-order valence-electron chi connectivity index (χ4n) is 2.69. The smallest absolute Gasteiger partial charge is 0.326 e. The highest BCUT2D eigenvalue weighted by atomic mass is 16.5. The van der Waals surface area contributed by atoms with Crippen molar-refractivity contribution < 1.29 is 28.7 Å². The summed E-state index contributed by atoms with van der Waals surface area (Å²) in [7, 11) is 1.50. The molecule has 0 saturated carbocycles. The summed E-state index contributed by atoms with van der Waals surface area (Å²) in [6, 6.07) is 0. The minimum absolute atomic E-state index is 0.312. The van der Waals surface area contributed by atoms with Gasteiger partial charge in [-0.05, 0) is 12.8 Å². The molecule has 1 heterocycles. The van der Waals surface area contributed by atoms with E-state index in [1.165, 1.54) is 7.11 Å². The second-order valence-corrected chi connectivity index (χ2v) is 5.42. The van der Waals surface area contributed by atoms with Gasteiger partial charge in [-0.1, -0.05) is 12.2 Å². The Morgan fingerprint density at radius 2 is 1.83 bits per heavy atom. The van der Waals surface area contributed by atoms with Gasteiger partial charge in [-0.2, -0.15) is 0 Å². The van der Waals surface area contributed by atoms with Crippen molar-refractivity contribution >= 4 is 23.7 Å². The summed E-state index contributed by atoms with van der Waals surface area (Å²) < 4.78 is 9.56. The molecular weight excluding hydrogens is 304 g/mol. The maximum Gasteiger partial charge on any atom is 0.326 e. The Hall–Kier alpha value is -2.22. The number of imide groups is 1. The summed E-state index contributed by atoms with van der Waals surface area (Å²) in [5.74, 6) is -2.68. The summed E-state index contributed by atoms with van der Waals surface area (Å²) >= 11 is 0. The van der Waals surface area contributed by atoms with E-state index in [9.17, 15) is 19.2 Å². The van der Waals surface area contributed by atoms with Gasteiger partial charge in [0.05, 0.1) is 18.4 Å². The maximum absolute atomic E-state index is 12.2. The Bertz CT molecular complexity index is 504. The minimum Gasteiger partial charge on any atom is -0.454 e. The SMILES string of the molecule is COCCNC(=O)COC(=O)CN1C(=O)[C@@H]2CC=CC[C@H]2C1=O. The molecule has 126 valence electrons. The number of nitrogens with zero attached hydrogens (tertiary/aromatic N) is 1. The van der Waals surface area contributed by atoms with E-state index in [4.69, 9.17) is 9.47 Å². The molecule has 2 atom stereocenters. The van der Waals surface area contributed by atoms with Crippen molar-refractivity contribution in [3.63, 3.8) is 0 Å². The van der Waals surface area contributed by atoms with Crippen LogP contribution in [0.3, 0.4) is 0 Å². The third kappa shape index (κ3) is 4.16. The first-order chi connectivity index (χ1) is 11.0. The molecule has 0 radical (unpaired) electrons. The van der Waals surface area contributed by atoms with Crippen LogP contribution in [0, 0.1) is 11.8 Å². The molecule has 1 fully saturated rings. The maximum atomic E-state index is 12.2. The monoisotopic (exact) mass is 324 g/mol. The van der Waals surface area contributed by atoms with E-state index in [0.717, 1.165) is 4.90 Å². The highest BCUT2D eigenvalue weighted by Gasteiger charge is 2.47. The number of amides is 3. The minimum atomic E-state index is -0.778. The van der Waals surface area contributed by atoms with Gasteiger partial charge in [-0.25, -0.2) is 0 Å². The molecule has 0 aromatic heterocycles. The number of hydrogen-bond donors (Lipinski definition) is 1. The Morgan fingerprint density at radius 1 is 1.22 bits per heavy atom. The van der Waals surface area contributed by atoms with E-state index < -0.39 is 25.0 Å². The highest BCUT2D eigenvalue weighted by Crippen LogP contribution is 2.34. The second-order valence-electron chi connectivity index (χ2n) is 5.42. The molecule has 0 spiro atoms. The zero-order valence-electron chi connectivity index (χ0n) is 12.9. The Kier molecular flexibility index (Phi) is 5.86. The number of carbonyl (C=O) groups is 4. The molecule has 3 amide bonds. The lowest BCUT2D eigenvalue weighted by Crippen LogP contribution is -2.38. The summed E-state index contributed by atoms with van der Waals surface area (Å²) in [4.78, 5) is 48.4. The van der Waals surface area contributed by atoms with Crippen LogP contribution in [-0.2, 0) is 28.7 Å². The van der Waals surface area contributed by atoms with Gasteiger partial charge in [0.1, 0.15) is 6.54 Å². The van der Waals surface area contributed by atoms with Crippen LogP contribution in [0.5, 0.6) is 0 Å². The lowest BCUT2D eigenvalue weighted by atomic mass is 9.85.